The van der Waals surface area contributed by atoms with Crippen LogP contribution in [0, 0.1) is 0 Å². The molecule has 1 saturated carbocycles. The highest BCUT2D eigenvalue weighted by Gasteiger charge is 2.19. The topological polar surface area (TPSA) is 74.0 Å². The fourth-order valence-electron chi connectivity index (χ4n) is 3.01. The van der Waals surface area contributed by atoms with Crippen molar-refractivity contribution < 1.29 is 0 Å². The van der Waals surface area contributed by atoms with Gasteiger partial charge in [0.05, 0.1) is 17.9 Å². The molecule has 4 rings (SSSR count). The lowest BCUT2D eigenvalue weighted by Crippen LogP contribution is -2.04. The Hall–Kier alpha value is -2.08. The summed E-state index contributed by atoms with van der Waals surface area (Å²) < 4.78 is 3.76. The van der Waals surface area contributed by atoms with Crippen LogP contribution < -0.4 is 5.73 Å². The van der Waals surface area contributed by atoms with Gasteiger partial charge in [-0.3, -0.25) is 4.68 Å². The van der Waals surface area contributed by atoms with Crippen LogP contribution in [-0.2, 0) is 0 Å². The lowest BCUT2D eigenvalue weighted by Gasteiger charge is -2.08. The maximum atomic E-state index is 6.17. The van der Waals surface area contributed by atoms with Gasteiger partial charge in [0, 0.05) is 22.8 Å². The van der Waals surface area contributed by atoms with E-state index in [4.69, 9.17) is 17.3 Å². The van der Waals surface area contributed by atoms with E-state index in [0.717, 1.165) is 11.3 Å². The van der Waals surface area contributed by atoms with Crippen LogP contribution in [0.1, 0.15) is 31.7 Å². The molecular formula is C14H15ClN6. The maximum Gasteiger partial charge on any atom is 0.240 e. The Morgan fingerprint density at radius 3 is 2.86 bits per heavy atom. The number of nitrogens with two attached hydrogens (primary N) is 1. The van der Waals surface area contributed by atoms with Crippen molar-refractivity contribution in [2.75, 3.05) is 5.73 Å². The highest BCUT2D eigenvalue weighted by Crippen LogP contribution is 2.31. The Morgan fingerprint density at radius 2 is 2.05 bits per heavy atom. The molecule has 108 valence electrons. The monoisotopic (exact) mass is 302 g/mol. The zero-order chi connectivity index (χ0) is 14.4. The second-order valence-electron chi connectivity index (χ2n) is 5.45. The van der Waals surface area contributed by atoms with E-state index >= 15 is 0 Å². The van der Waals surface area contributed by atoms with E-state index < -0.39 is 0 Å². The van der Waals surface area contributed by atoms with Gasteiger partial charge in [-0.2, -0.15) is 10.1 Å². The molecule has 0 aromatic carbocycles. The molecule has 0 unspecified atom stereocenters. The van der Waals surface area contributed by atoms with Crippen LogP contribution in [-0.4, -0.2) is 24.4 Å². The minimum absolute atomic E-state index is 0.238. The third-order valence-corrected chi connectivity index (χ3v) is 4.23. The molecule has 3 aromatic heterocycles. The molecule has 7 heteroatoms. The molecule has 2 N–H and O–H groups in total. The van der Waals surface area contributed by atoms with Gasteiger partial charge in [-0.1, -0.05) is 24.4 Å². The molecule has 0 atom stereocenters. The van der Waals surface area contributed by atoms with Gasteiger partial charge >= 0.3 is 0 Å². The van der Waals surface area contributed by atoms with Crippen molar-refractivity contribution in [2.24, 2.45) is 0 Å². The van der Waals surface area contributed by atoms with Gasteiger partial charge in [0.2, 0.25) is 5.95 Å². The molecule has 21 heavy (non-hydrogen) atoms. The van der Waals surface area contributed by atoms with Crippen LogP contribution in [0.4, 0.5) is 5.95 Å². The second kappa shape index (κ2) is 4.73. The Balaban J connectivity index is 1.82. The van der Waals surface area contributed by atoms with E-state index in [0.29, 0.717) is 16.7 Å². The third-order valence-electron chi connectivity index (χ3n) is 4.01. The SMILES string of the molecule is Nc1nc2cc(Cl)cc(-c3cnn(C4CCCC4)c3)n2n1. The molecule has 0 spiro atoms. The van der Waals surface area contributed by atoms with E-state index in [1.54, 1.807) is 10.6 Å². The second-order valence-corrected chi connectivity index (χ2v) is 5.88. The van der Waals surface area contributed by atoms with Crippen molar-refractivity contribution in [3.05, 3.63) is 29.5 Å². The maximum absolute atomic E-state index is 6.17. The number of nitrogens with zero attached hydrogens (tertiary/aromatic N) is 5. The lowest BCUT2D eigenvalue weighted by molar-refractivity contribution is 0.467. The Morgan fingerprint density at radius 1 is 1.24 bits per heavy atom. The van der Waals surface area contributed by atoms with Crippen LogP contribution >= 0.6 is 11.6 Å². The number of rotatable bonds is 2. The van der Waals surface area contributed by atoms with E-state index in [-0.39, 0.29) is 5.95 Å². The first-order valence-corrected chi connectivity index (χ1v) is 7.45. The first-order chi connectivity index (χ1) is 10.2. The van der Waals surface area contributed by atoms with Gasteiger partial charge in [-0.25, -0.2) is 4.52 Å². The van der Waals surface area contributed by atoms with Gasteiger partial charge in [0.25, 0.3) is 0 Å². The summed E-state index contributed by atoms with van der Waals surface area (Å²) in [6.07, 6.45) is 8.85. The summed E-state index contributed by atoms with van der Waals surface area (Å²) in [6, 6.07) is 4.11. The number of hydrogen-bond acceptors (Lipinski definition) is 4. The van der Waals surface area contributed by atoms with Crippen LogP contribution in [0.2, 0.25) is 5.02 Å². The zero-order valence-electron chi connectivity index (χ0n) is 11.4. The molecule has 1 aliphatic carbocycles. The smallest absolute Gasteiger partial charge is 0.240 e. The average molecular weight is 303 g/mol. The largest absolute Gasteiger partial charge is 0.366 e. The molecule has 6 nitrogen and oxygen atoms in total. The molecular weight excluding hydrogens is 288 g/mol. The van der Waals surface area contributed by atoms with Crippen molar-refractivity contribution in [2.45, 2.75) is 31.7 Å². The summed E-state index contributed by atoms with van der Waals surface area (Å²) in [4.78, 5) is 4.16. The average Bonchev–Trinajstić information content (AvgIpc) is 3.16. The van der Waals surface area contributed by atoms with Crippen LogP contribution in [0.5, 0.6) is 0 Å². The fraction of sp³-hybridized carbons (Fsp3) is 0.357. The van der Waals surface area contributed by atoms with Crippen LogP contribution in [0.25, 0.3) is 16.9 Å². The number of nitrogen functional groups attached to an aromatic ring is 1. The Kier molecular flexibility index (Phi) is 2.85. The van der Waals surface area contributed by atoms with Gasteiger partial charge in [-0.15, -0.1) is 5.10 Å². The predicted octanol–water partition coefficient (Wildman–Crippen LogP) is 2.94. The molecule has 0 bridgehead atoms. The van der Waals surface area contributed by atoms with Gasteiger partial charge in [0.1, 0.15) is 0 Å². The predicted molar refractivity (Wildman–Crippen MR) is 81.1 cm³/mol. The molecule has 3 heterocycles. The highest BCUT2D eigenvalue weighted by molar-refractivity contribution is 6.31. The van der Waals surface area contributed by atoms with Crippen LogP contribution in [0.15, 0.2) is 24.5 Å². The van der Waals surface area contributed by atoms with Crippen molar-refractivity contribution >= 4 is 23.2 Å². The van der Waals surface area contributed by atoms with E-state index in [9.17, 15) is 0 Å². The summed E-state index contributed by atoms with van der Waals surface area (Å²) in [6.45, 7) is 0. The summed E-state index contributed by atoms with van der Waals surface area (Å²) >= 11 is 6.17. The van der Waals surface area contributed by atoms with Gasteiger partial charge < -0.3 is 5.73 Å². The van der Waals surface area contributed by atoms with Crippen molar-refractivity contribution in [1.82, 2.24) is 24.4 Å². The van der Waals surface area contributed by atoms with Gasteiger partial charge in [-0.05, 0) is 18.9 Å². The van der Waals surface area contributed by atoms with Crippen molar-refractivity contribution in [3.63, 3.8) is 0 Å². The molecule has 0 amide bonds. The first-order valence-electron chi connectivity index (χ1n) is 7.07. The summed E-state index contributed by atoms with van der Waals surface area (Å²) in [5.74, 6) is 0.238. The molecule has 0 saturated heterocycles. The normalized spacial score (nSPS) is 16.0. The number of halogens is 1. The van der Waals surface area contributed by atoms with Gasteiger partial charge in [0.15, 0.2) is 5.65 Å². The number of fused-ring (bicyclic) bond motifs is 1. The Labute approximate surface area is 126 Å². The van der Waals surface area contributed by atoms with Crippen molar-refractivity contribution in [1.29, 1.82) is 0 Å². The molecule has 1 aliphatic rings. The quantitative estimate of drug-likeness (QED) is 0.790. The fourth-order valence-corrected chi connectivity index (χ4v) is 3.21. The van der Waals surface area contributed by atoms with E-state index in [2.05, 4.69) is 26.1 Å². The minimum atomic E-state index is 0.238. The van der Waals surface area contributed by atoms with Crippen molar-refractivity contribution in [3.8, 4) is 11.3 Å². The zero-order valence-corrected chi connectivity index (χ0v) is 12.2. The number of aromatic nitrogens is 5. The Bertz CT molecular complexity index is 799. The standard InChI is InChI=1S/C14H15ClN6/c15-10-5-12(21-13(6-10)18-14(16)19-21)9-7-17-20(8-9)11-3-1-2-4-11/h5-8,11H,1-4H2,(H2,16,19). The summed E-state index contributed by atoms with van der Waals surface area (Å²) in [5.41, 5.74) is 8.15. The molecule has 0 aliphatic heterocycles. The molecule has 0 radical (unpaired) electrons. The number of pyridine rings is 1. The van der Waals surface area contributed by atoms with Crippen LogP contribution in [0.3, 0.4) is 0 Å². The third kappa shape index (κ3) is 2.15. The van der Waals surface area contributed by atoms with E-state index in [1.165, 1.54) is 25.7 Å². The number of hydrogen-bond donors (Lipinski definition) is 1. The summed E-state index contributed by atoms with van der Waals surface area (Å²) in [7, 11) is 0. The molecule has 1 fully saturated rings. The summed E-state index contributed by atoms with van der Waals surface area (Å²) in [5, 5.41) is 9.33. The minimum Gasteiger partial charge on any atom is -0.366 e. The molecule has 3 aromatic rings. The van der Waals surface area contributed by atoms with E-state index in [1.807, 2.05) is 12.3 Å². The lowest BCUT2D eigenvalue weighted by atomic mass is 10.2. The number of anilines is 1. The first kappa shape index (κ1) is 12.6. The highest BCUT2D eigenvalue weighted by atomic mass is 35.5.